The van der Waals surface area contributed by atoms with Gasteiger partial charge in [0.2, 0.25) is 0 Å². The molecule has 4 aliphatic rings. The summed E-state index contributed by atoms with van der Waals surface area (Å²) in [5.74, 6) is 0.771. The van der Waals surface area contributed by atoms with E-state index >= 15 is 0 Å². The summed E-state index contributed by atoms with van der Waals surface area (Å²) in [7, 11) is 0. The Kier molecular flexibility index (Phi) is 18.0. The zero-order valence-corrected chi connectivity index (χ0v) is 72.8. The van der Waals surface area contributed by atoms with Gasteiger partial charge >= 0.3 is 0 Å². The highest BCUT2D eigenvalue weighted by Gasteiger charge is 2.55. The highest BCUT2D eigenvalue weighted by atomic mass is 15.2. The van der Waals surface area contributed by atoms with E-state index in [1.807, 2.05) is 0 Å². The van der Waals surface area contributed by atoms with Gasteiger partial charge in [0.25, 0.3) is 0 Å². The molecule has 0 unspecified atom stereocenters. The lowest BCUT2D eigenvalue weighted by atomic mass is 9.70. The van der Waals surface area contributed by atoms with Crippen LogP contribution in [0.2, 0.25) is 0 Å². The molecule has 20 aromatic rings. The lowest BCUT2D eigenvalue weighted by Gasteiger charge is -2.33. The quantitative estimate of drug-likeness (QED) is 0.0901. The number of hydrogen-bond acceptors (Lipinski definition) is 4. The molecular formula is C124H94N4. The third-order valence-electron chi connectivity index (χ3n) is 28.4. The Labute approximate surface area is 749 Å². The molecule has 0 N–H and O–H groups in total. The van der Waals surface area contributed by atoms with Crippen LogP contribution in [0.4, 0.5) is 68.2 Å². The molecule has 0 radical (unpaired) electrons. The van der Waals surface area contributed by atoms with Gasteiger partial charge in [0.1, 0.15) is 0 Å². The zero-order valence-electron chi connectivity index (χ0n) is 72.8. The third-order valence-corrected chi connectivity index (χ3v) is 28.4. The average molecular weight is 1640 g/mol. The molecule has 0 aromatic heterocycles. The van der Waals surface area contributed by atoms with E-state index in [0.29, 0.717) is 11.8 Å². The van der Waals surface area contributed by atoms with Gasteiger partial charge in [-0.15, -0.1) is 0 Å². The Hall–Kier alpha value is -15.4. The lowest BCUT2D eigenvalue weighted by Crippen LogP contribution is -2.26. The first-order chi connectivity index (χ1) is 63.0. The maximum absolute atomic E-state index is 2.60. The highest BCUT2D eigenvalue weighted by molar-refractivity contribution is 6.16. The molecule has 128 heavy (non-hydrogen) atoms. The second-order valence-electron chi connectivity index (χ2n) is 35.9. The van der Waals surface area contributed by atoms with Crippen molar-refractivity contribution in [3.8, 4) is 55.6 Å². The summed E-state index contributed by atoms with van der Waals surface area (Å²) in [6.07, 6.45) is 1.91. The number of para-hydroxylation sites is 2. The largest absolute Gasteiger partial charge is 0.310 e. The fraction of sp³-hybridized carbons (Fsp3) is 0.0968. The van der Waals surface area contributed by atoms with E-state index in [2.05, 4.69) is 486 Å². The maximum Gasteiger partial charge on any atom is 0.0726 e. The Balaban J connectivity index is 0.665. The van der Waals surface area contributed by atoms with Crippen molar-refractivity contribution in [2.75, 3.05) is 19.6 Å². The van der Waals surface area contributed by atoms with E-state index in [-0.39, 0.29) is 0 Å². The van der Waals surface area contributed by atoms with E-state index in [1.54, 1.807) is 0 Å². The van der Waals surface area contributed by atoms with Crippen molar-refractivity contribution in [2.24, 2.45) is 0 Å². The molecule has 0 fully saturated rings. The summed E-state index contributed by atoms with van der Waals surface area (Å²) < 4.78 is 0. The van der Waals surface area contributed by atoms with Gasteiger partial charge in [-0.05, 0) is 337 Å². The molecule has 0 atom stereocenters. The summed E-state index contributed by atoms with van der Waals surface area (Å²) in [5, 5.41) is 9.59. The molecule has 0 amide bonds. The molecule has 0 aliphatic heterocycles. The van der Waals surface area contributed by atoms with Crippen molar-refractivity contribution in [1.82, 2.24) is 0 Å². The van der Waals surface area contributed by atoms with Crippen molar-refractivity contribution < 1.29 is 0 Å². The predicted octanol–water partition coefficient (Wildman–Crippen LogP) is 33.9. The third kappa shape index (κ3) is 11.7. The molecule has 610 valence electrons. The Bertz CT molecular complexity index is 7750. The van der Waals surface area contributed by atoms with Crippen LogP contribution in [0.5, 0.6) is 0 Å². The molecule has 2 spiro atoms. The van der Waals surface area contributed by atoms with Crippen LogP contribution in [0.25, 0.3) is 98.7 Å². The standard InChI is InChI=1S/C124H94N4/c1-7-81-49-59-93(60-50-81)126(100-68-58-88-74-109-116(76-90(88)72-100)123(111-45-23-19-37-101(111)102-38-20-24-46-112(102)123)117-77-119(105-41-15-17-43-107(105)121(109)117)127(92-33-13-10-14-34-92)95-61-51-82(8-2)52-62-95)97-35-27-29-85(69-97)86-30-28-36-98(70-86)128(96-65-55-84(56-66-96)80(5)6)120-78-118-122(108-44-18-16-42-106(108)120)110-73-87-57-67-99(125(91-31-11-9-12-32-91)94-63-53-83(54-64-94)79(3)4)71-89(87)75-115(110)124(118)113-47-25-21-39-103(113)104-40-22-26-48-114(104)124/h9-80H,7-8H2,1-6H3. The fourth-order valence-corrected chi connectivity index (χ4v) is 22.4. The van der Waals surface area contributed by atoms with Crippen LogP contribution in [-0.2, 0) is 23.7 Å². The summed E-state index contributed by atoms with van der Waals surface area (Å²) in [4.78, 5) is 9.95. The van der Waals surface area contributed by atoms with Crippen molar-refractivity contribution in [2.45, 2.75) is 77.0 Å². The smallest absolute Gasteiger partial charge is 0.0726 e. The number of fused-ring (bicyclic) bond motifs is 26. The summed E-state index contributed by atoms with van der Waals surface area (Å²) >= 11 is 0. The van der Waals surface area contributed by atoms with Gasteiger partial charge in [0, 0.05) is 67.6 Å². The molecule has 4 aliphatic carbocycles. The van der Waals surface area contributed by atoms with Crippen LogP contribution in [0, 0.1) is 0 Å². The highest BCUT2D eigenvalue weighted by Crippen LogP contribution is 2.68. The van der Waals surface area contributed by atoms with Crippen LogP contribution >= 0.6 is 0 Å². The molecule has 4 heteroatoms. The number of hydrogen-bond donors (Lipinski definition) is 0. The minimum Gasteiger partial charge on any atom is -0.310 e. The maximum atomic E-state index is 2.60. The van der Waals surface area contributed by atoms with Crippen LogP contribution in [-0.4, -0.2) is 0 Å². The molecule has 0 saturated heterocycles. The summed E-state index contributed by atoms with van der Waals surface area (Å²) in [6.45, 7) is 13.6. The van der Waals surface area contributed by atoms with Gasteiger partial charge < -0.3 is 19.6 Å². The predicted molar refractivity (Wildman–Crippen MR) is 540 cm³/mol. The van der Waals surface area contributed by atoms with Crippen LogP contribution in [0.1, 0.15) is 120 Å². The van der Waals surface area contributed by atoms with E-state index in [4.69, 9.17) is 0 Å². The van der Waals surface area contributed by atoms with Gasteiger partial charge in [0.15, 0.2) is 0 Å². The minimum atomic E-state index is -0.688. The molecule has 0 saturated carbocycles. The van der Waals surface area contributed by atoms with Crippen LogP contribution in [0.15, 0.2) is 425 Å². The van der Waals surface area contributed by atoms with Gasteiger partial charge in [-0.1, -0.05) is 308 Å². The van der Waals surface area contributed by atoms with Crippen molar-refractivity contribution in [1.29, 1.82) is 0 Å². The molecule has 0 heterocycles. The van der Waals surface area contributed by atoms with Crippen LogP contribution < -0.4 is 19.6 Å². The molecule has 24 rings (SSSR count). The Morgan fingerprint density at radius 3 is 0.891 bits per heavy atom. The summed E-state index contributed by atoms with van der Waals surface area (Å²) in [6, 6.07) is 162. The zero-order chi connectivity index (χ0) is 85.6. The lowest BCUT2D eigenvalue weighted by molar-refractivity contribution is 0.795. The average Bonchev–Trinajstić information content (AvgIpc) is 1.50. The first-order valence-electron chi connectivity index (χ1n) is 45.6. The van der Waals surface area contributed by atoms with E-state index in [0.717, 1.165) is 92.2 Å². The number of rotatable bonds is 17. The Morgan fingerprint density at radius 1 is 0.203 bits per heavy atom. The van der Waals surface area contributed by atoms with Crippen molar-refractivity contribution in [3.63, 3.8) is 0 Å². The Morgan fingerprint density at radius 2 is 0.500 bits per heavy atom. The second kappa shape index (κ2) is 30.2. The topological polar surface area (TPSA) is 13.0 Å². The summed E-state index contributed by atoms with van der Waals surface area (Å²) in [5.41, 5.74) is 39.9. The first-order valence-corrected chi connectivity index (χ1v) is 45.6. The van der Waals surface area contributed by atoms with Crippen molar-refractivity contribution in [3.05, 3.63) is 491 Å². The molecular weight excluding hydrogens is 1550 g/mol. The molecule has 20 aromatic carbocycles. The van der Waals surface area contributed by atoms with E-state index in [9.17, 15) is 0 Å². The second-order valence-corrected chi connectivity index (χ2v) is 35.9. The minimum absolute atomic E-state index is 0.347. The van der Waals surface area contributed by atoms with Gasteiger partial charge in [-0.2, -0.15) is 0 Å². The van der Waals surface area contributed by atoms with E-state index in [1.165, 1.54) is 154 Å². The normalized spacial score (nSPS) is 13.1. The molecule has 0 bridgehead atoms. The number of nitrogens with zero attached hydrogens (tertiary/aromatic N) is 4. The monoisotopic (exact) mass is 1640 g/mol. The number of aryl methyl sites for hydroxylation is 2. The molecule has 4 nitrogen and oxygen atoms in total. The number of benzene rings is 20. The van der Waals surface area contributed by atoms with E-state index < -0.39 is 10.8 Å². The fourth-order valence-electron chi connectivity index (χ4n) is 22.4. The van der Waals surface area contributed by atoms with Gasteiger partial charge in [0.05, 0.1) is 22.2 Å². The van der Waals surface area contributed by atoms with Gasteiger partial charge in [-0.25, -0.2) is 0 Å². The van der Waals surface area contributed by atoms with Crippen LogP contribution in [0.3, 0.4) is 0 Å². The SMILES string of the molecule is CCc1ccc(N(c2cccc(-c3cccc(N(c4ccc(C(C)C)cc4)c4cc5c(c6ccccc46)-c4cc6ccc(N(c7ccccc7)c7ccc(C(C)C)cc7)cc6cc4C54c5ccccc5-c5ccccc54)c3)c2)c2ccc3cc4c(cc3c2)C2(c3ccccc3-c3ccccc32)c2cc(N(c3ccccc3)c3ccc(CC)cc3)c3ccccc3c2-4)cc1. The number of anilines is 12. The van der Waals surface area contributed by atoms with Gasteiger partial charge in [-0.3, -0.25) is 0 Å². The first kappa shape index (κ1) is 76.3. The van der Waals surface area contributed by atoms with Crippen molar-refractivity contribution >= 4 is 111 Å².